The quantitative estimate of drug-likeness (QED) is 0.509. The average Bonchev–Trinajstić information content (AvgIpc) is 3.13. The fourth-order valence-electron chi connectivity index (χ4n) is 2.97. The largest absolute Gasteiger partial charge is 0.497 e. The van der Waals surface area contributed by atoms with E-state index in [1.165, 1.54) is 15.6 Å². The number of methoxy groups -OCH3 is 1. The summed E-state index contributed by atoms with van der Waals surface area (Å²) in [5.41, 5.74) is 1.45. The molecule has 0 saturated heterocycles. The molecule has 0 aliphatic carbocycles. The number of carbonyl (C=O) groups is 1. The zero-order valence-corrected chi connectivity index (χ0v) is 16.7. The summed E-state index contributed by atoms with van der Waals surface area (Å²) in [4.78, 5) is 29.3. The smallest absolute Gasteiger partial charge is 0.283 e. The highest BCUT2D eigenvalue weighted by atomic mass is 35.5. The molecular weight excluding hydrogens is 408 g/mol. The van der Waals surface area contributed by atoms with Gasteiger partial charge in [0.15, 0.2) is 11.2 Å². The van der Waals surface area contributed by atoms with Gasteiger partial charge in [0.05, 0.1) is 13.7 Å². The third-order valence-electron chi connectivity index (χ3n) is 4.38. The number of fused-ring (bicyclic) bond motifs is 1. The van der Waals surface area contributed by atoms with Crippen molar-refractivity contribution in [1.82, 2.24) is 24.5 Å². The van der Waals surface area contributed by atoms with Gasteiger partial charge in [0.2, 0.25) is 5.91 Å². The molecule has 2 aromatic heterocycles. The molecule has 4 rings (SSSR count). The van der Waals surface area contributed by atoms with Gasteiger partial charge in [-0.2, -0.15) is 0 Å². The van der Waals surface area contributed by atoms with Crippen LogP contribution in [0.3, 0.4) is 0 Å². The van der Waals surface area contributed by atoms with Crippen LogP contribution in [0.4, 0.5) is 5.69 Å². The Morgan fingerprint density at radius 3 is 2.83 bits per heavy atom. The molecule has 0 unspecified atom stereocenters. The SMILES string of the molecule is COc1cccc(Cn2nnc3c(=O)n(CC(=O)Nc4cccc(Cl)c4)cnc32)c1. The molecule has 2 aromatic carbocycles. The first-order valence-corrected chi connectivity index (χ1v) is 9.38. The lowest BCUT2D eigenvalue weighted by molar-refractivity contribution is -0.116. The first-order valence-electron chi connectivity index (χ1n) is 9.00. The number of anilines is 1. The van der Waals surface area contributed by atoms with Crippen molar-refractivity contribution in [1.29, 1.82) is 0 Å². The van der Waals surface area contributed by atoms with Gasteiger partial charge in [0.1, 0.15) is 18.6 Å². The second kappa shape index (κ2) is 8.34. The molecule has 0 aliphatic rings. The standard InChI is InChI=1S/C20H17ClN6O3/c1-30-16-7-2-4-13(8-16)10-27-19-18(24-25-27)20(29)26(12-22-19)11-17(28)23-15-6-3-5-14(21)9-15/h2-9,12H,10-11H2,1H3,(H,23,28). The van der Waals surface area contributed by atoms with Gasteiger partial charge < -0.3 is 10.1 Å². The minimum atomic E-state index is -0.446. The van der Waals surface area contributed by atoms with Crippen molar-refractivity contribution in [2.75, 3.05) is 12.4 Å². The van der Waals surface area contributed by atoms with E-state index in [1.807, 2.05) is 24.3 Å². The number of amides is 1. The number of hydrogen-bond donors (Lipinski definition) is 1. The summed E-state index contributed by atoms with van der Waals surface area (Å²) in [6.07, 6.45) is 1.31. The van der Waals surface area contributed by atoms with Crippen molar-refractivity contribution in [2.24, 2.45) is 0 Å². The van der Waals surface area contributed by atoms with Crippen LogP contribution in [0.25, 0.3) is 11.2 Å². The summed E-state index contributed by atoms with van der Waals surface area (Å²) in [7, 11) is 1.59. The third-order valence-corrected chi connectivity index (χ3v) is 4.62. The summed E-state index contributed by atoms with van der Waals surface area (Å²) in [6, 6.07) is 14.2. The van der Waals surface area contributed by atoms with E-state index >= 15 is 0 Å². The molecule has 0 spiro atoms. The fraction of sp³-hybridized carbons (Fsp3) is 0.150. The van der Waals surface area contributed by atoms with Crippen molar-refractivity contribution in [2.45, 2.75) is 13.1 Å². The average molecular weight is 425 g/mol. The third kappa shape index (κ3) is 4.15. The van der Waals surface area contributed by atoms with Crippen LogP contribution in [0.2, 0.25) is 5.02 Å². The van der Waals surface area contributed by atoms with Crippen LogP contribution in [0.15, 0.2) is 59.7 Å². The Morgan fingerprint density at radius 2 is 2.03 bits per heavy atom. The number of benzene rings is 2. The Labute approximate surface area is 175 Å². The number of nitrogens with one attached hydrogen (secondary N) is 1. The number of ether oxygens (including phenoxy) is 1. The molecule has 9 nitrogen and oxygen atoms in total. The van der Waals surface area contributed by atoms with Gasteiger partial charge in [-0.05, 0) is 35.9 Å². The number of nitrogens with zero attached hydrogens (tertiary/aromatic N) is 5. The minimum Gasteiger partial charge on any atom is -0.497 e. The van der Waals surface area contributed by atoms with Crippen LogP contribution >= 0.6 is 11.6 Å². The van der Waals surface area contributed by atoms with Gasteiger partial charge in [-0.3, -0.25) is 14.2 Å². The van der Waals surface area contributed by atoms with E-state index in [0.29, 0.717) is 22.9 Å². The second-order valence-corrected chi connectivity index (χ2v) is 6.94. The maximum Gasteiger partial charge on any atom is 0.283 e. The second-order valence-electron chi connectivity index (χ2n) is 6.51. The molecule has 30 heavy (non-hydrogen) atoms. The molecule has 2 heterocycles. The first-order chi connectivity index (χ1) is 14.5. The Bertz CT molecular complexity index is 1280. The summed E-state index contributed by atoms with van der Waals surface area (Å²) >= 11 is 5.92. The highest BCUT2D eigenvalue weighted by molar-refractivity contribution is 6.30. The molecule has 152 valence electrons. The molecule has 0 bridgehead atoms. The minimum absolute atomic E-state index is 0.0935. The lowest BCUT2D eigenvalue weighted by Crippen LogP contribution is -2.28. The molecule has 0 radical (unpaired) electrons. The van der Waals surface area contributed by atoms with Crippen LogP contribution in [0.1, 0.15) is 5.56 Å². The number of rotatable bonds is 6. The van der Waals surface area contributed by atoms with Crippen molar-refractivity contribution in [3.8, 4) is 5.75 Å². The van der Waals surface area contributed by atoms with Crippen LogP contribution < -0.4 is 15.6 Å². The van der Waals surface area contributed by atoms with E-state index in [2.05, 4.69) is 20.6 Å². The molecule has 1 amide bonds. The van der Waals surface area contributed by atoms with Crippen LogP contribution in [-0.2, 0) is 17.9 Å². The lowest BCUT2D eigenvalue weighted by Gasteiger charge is -2.08. The predicted octanol–water partition coefficient (Wildman–Crippen LogP) is 2.34. The summed E-state index contributed by atoms with van der Waals surface area (Å²) in [6.45, 7) is 0.163. The van der Waals surface area contributed by atoms with Crippen molar-refractivity contribution in [3.63, 3.8) is 0 Å². The zero-order chi connectivity index (χ0) is 21.1. The van der Waals surface area contributed by atoms with Crippen LogP contribution in [0.5, 0.6) is 5.75 Å². The lowest BCUT2D eigenvalue weighted by atomic mass is 10.2. The zero-order valence-electron chi connectivity index (χ0n) is 15.9. The maximum absolute atomic E-state index is 12.7. The maximum atomic E-state index is 12.7. The fourth-order valence-corrected chi connectivity index (χ4v) is 3.16. The highest BCUT2D eigenvalue weighted by Crippen LogP contribution is 2.16. The molecular formula is C20H17ClN6O3. The number of halogens is 1. The molecule has 0 fully saturated rings. The van der Waals surface area contributed by atoms with Crippen molar-refractivity contribution in [3.05, 3.63) is 75.8 Å². The predicted molar refractivity (Wildman–Crippen MR) is 112 cm³/mol. The highest BCUT2D eigenvalue weighted by Gasteiger charge is 2.14. The van der Waals surface area contributed by atoms with Gasteiger partial charge in [-0.25, -0.2) is 9.67 Å². The van der Waals surface area contributed by atoms with E-state index in [9.17, 15) is 9.59 Å². The van der Waals surface area contributed by atoms with Gasteiger partial charge in [0, 0.05) is 10.7 Å². The molecule has 0 atom stereocenters. The monoisotopic (exact) mass is 424 g/mol. The number of hydrogen-bond acceptors (Lipinski definition) is 6. The summed E-state index contributed by atoms with van der Waals surface area (Å²) < 4.78 is 7.94. The number of aromatic nitrogens is 5. The van der Waals surface area contributed by atoms with Gasteiger partial charge >= 0.3 is 0 Å². The topological polar surface area (TPSA) is 104 Å². The van der Waals surface area contributed by atoms with Crippen molar-refractivity contribution >= 4 is 34.4 Å². The normalized spacial score (nSPS) is 10.9. The van der Waals surface area contributed by atoms with Gasteiger partial charge in [0.25, 0.3) is 5.56 Å². The molecule has 10 heteroatoms. The van der Waals surface area contributed by atoms with E-state index in [1.54, 1.807) is 31.4 Å². The molecule has 1 N–H and O–H groups in total. The van der Waals surface area contributed by atoms with Gasteiger partial charge in [-0.1, -0.05) is 35.0 Å². The van der Waals surface area contributed by atoms with Crippen molar-refractivity contribution < 1.29 is 9.53 Å². The van der Waals surface area contributed by atoms with E-state index in [4.69, 9.17) is 16.3 Å². The molecule has 0 aliphatic heterocycles. The van der Waals surface area contributed by atoms with Crippen LogP contribution in [-0.4, -0.2) is 37.6 Å². The molecule has 0 saturated carbocycles. The molecule has 4 aromatic rings. The Hall–Kier alpha value is -3.72. The Morgan fingerprint density at radius 1 is 1.20 bits per heavy atom. The Balaban J connectivity index is 1.54. The summed E-state index contributed by atoms with van der Waals surface area (Å²) in [5.74, 6) is 0.335. The number of carbonyl (C=O) groups excluding carboxylic acids is 1. The van der Waals surface area contributed by atoms with E-state index in [-0.39, 0.29) is 18.0 Å². The summed E-state index contributed by atoms with van der Waals surface area (Å²) in [5, 5.41) is 11.2. The van der Waals surface area contributed by atoms with E-state index in [0.717, 1.165) is 11.3 Å². The Kier molecular flexibility index (Phi) is 5.44. The van der Waals surface area contributed by atoms with Gasteiger partial charge in [-0.15, -0.1) is 5.10 Å². The first kappa shape index (κ1) is 19.6. The van der Waals surface area contributed by atoms with Crippen LogP contribution in [0, 0.1) is 0 Å². The van der Waals surface area contributed by atoms with E-state index < -0.39 is 5.56 Å².